The number of rotatable bonds is 8. The van der Waals surface area contributed by atoms with Crippen molar-refractivity contribution in [3.8, 4) is 22.6 Å². The highest BCUT2D eigenvalue weighted by Gasteiger charge is 2.46. The van der Waals surface area contributed by atoms with Crippen LogP contribution < -0.4 is 10.2 Å². The van der Waals surface area contributed by atoms with E-state index < -0.39 is 11.5 Å². The first-order valence-corrected chi connectivity index (χ1v) is 15.9. The Kier molecular flexibility index (Phi) is 8.54. The van der Waals surface area contributed by atoms with Crippen molar-refractivity contribution in [2.75, 3.05) is 56.6 Å². The molecule has 48 heavy (non-hydrogen) atoms. The van der Waals surface area contributed by atoms with Gasteiger partial charge in [0, 0.05) is 92.4 Å². The predicted molar refractivity (Wildman–Crippen MR) is 180 cm³/mol. The molecule has 2 saturated heterocycles. The number of pyridine rings is 1. The maximum atomic E-state index is 13.6. The lowest BCUT2D eigenvalue weighted by atomic mass is 10.0. The minimum Gasteiger partial charge on any atom is -0.368 e. The highest BCUT2D eigenvalue weighted by Crippen LogP contribution is 2.31. The second kappa shape index (κ2) is 13.1. The highest BCUT2D eigenvalue weighted by molar-refractivity contribution is 6.01. The summed E-state index contributed by atoms with van der Waals surface area (Å²) >= 11 is 0. The Morgan fingerprint density at radius 2 is 1.81 bits per heavy atom. The first-order valence-electron chi connectivity index (χ1n) is 15.9. The number of aromatic nitrogens is 5. The van der Waals surface area contributed by atoms with Gasteiger partial charge < -0.3 is 19.9 Å². The van der Waals surface area contributed by atoms with Crippen LogP contribution in [0.5, 0.6) is 0 Å². The number of halogens is 1. The van der Waals surface area contributed by atoms with E-state index in [-0.39, 0.29) is 24.4 Å². The van der Waals surface area contributed by atoms with Gasteiger partial charge in [-0.25, -0.2) is 15.0 Å². The lowest BCUT2D eigenvalue weighted by Gasteiger charge is -2.41. The molecule has 2 aliphatic heterocycles. The summed E-state index contributed by atoms with van der Waals surface area (Å²) in [6.45, 7) is 5.20. The number of hydrogen-bond acceptors (Lipinski definition) is 9. The third kappa shape index (κ3) is 6.21. The van der Waals surface area contributed by atoms with Crippen LogP contribution in [-0.2, 0) is 14.3 Å². The molecule has 2 aromatic carbocycles. The second-order valence-electron chi connectivity index (χ2n) is 12.3. The number of ether oxygens (including phenoxy) is 1. The van der Waals surface area contributed by atoms with Gasteiger partial charge in [-0.1, -0.05) is 0 Å². The molecule has 5 aromatic rings. The van der Waals surface area contributed by atoms with Crippen LogP contribution in [0.4, 0.5) is 15.8 Å². The lowest BCUT2D eigenvalue weighted by Crippen LogP contribution is -2.56. The number of nitrogens with zero attached hydrogens (tertiary/aromatic N) is 7. The van der Waals surface area contributed by atoms with E-state index in [0.717, 1.165) is 35.2 Å². The molecule has 0 radical (unpaired) electrons. The Hall–Kier alpha value is -5.27. The summed E-state index contributed by atoms with van der Waals surface area (Å²) in [4.78, 5) is 45.8. The number of carbonyl (C=O) groups excluding carboxylic acids is 2. The van der Waals surface area contributed by atoms with E-state index in [1.165, 1.54) is 19.4 Å². The topological polar surface area (TPSA) is 132 Å². The summed E-state index contributed by atoms with van der Waals surface area (Å²) in [6.07, 6.45) is 5.34. The number of methoxy groups -OCH3 is 1. The number of carbonyl (C=O) groups is 2. The van der Waals surface area contributed by atoms with Crippen molar-refractivity contribution in [3.63, 3.8) is 0 Å². The summed E-state index contributed by atoms with van der Waals surface area (Å²) < 4.78 is 19.2. The minimum atomic E-state index is -1.10. The van der Waals surface area contributed by atoms with Gasteiger partial charge in [0.05, 0.1) is 12.1 Å². The SMILES string of the molecule is CO[C@@]1(C(=O)Nc2ccc3[nH]nc(-c4ccc(F)nc4)c3c2)CCN(CC(=O)N2CCN(c3ccc(-c4ncccn4)cc3)C[C@H]2C)C1. The Bertz CT molecular complexity index is 1920. The maximum Gasteiger partial charge on any atom is 0.258 e. The smallest absolute Gasteiger partial charge is 0.258 e. The molecule has 2 amide bonds. The van der Waals surface area contributed by atoms with E-state index in [4.69, 9.17) is 4.74 Å². The molecule has 246 valence electrons. The number of piperazine rings is 1. The molecular formula is C35H36FN9O3. The molecule has 0 bridgehead atoms. The molecule has 2 aliphatic rings. The number of nitrogens with one attached hydrogen (secondary N) is 2. The van der Waals surface area contributed by atoms with Gasteiger partial charge in [0.25, 0.3) is 5.91 Å². The fraction of sp³-hybridized carbons (Fsp3) is 0.314. The molecular weight excluding hydrogens is 613 g/mol. The van der Waals surface area contributed by atoms with Gasteiger partial charge in [-0.3, -0.25) is 19.6 Å². The Morgan fingerprint density at radius 1 is 1.02 bits per heavy atom. The summed E-state index contributed by atoms with van der Waals surface area (Å²) in [5.41, 5.74) is 3.55. The molecule has 3 aromatic heterocycles. The van der Waals surface area contributed by atoms with Crippen LogP contribution in [0.15, 0.2) is 79.3 Å². The number of H-pyrrole nitrogens is 1. The molecule has 13 heteroatoms. The zero-order valence-electron chi connectivity index (χ0n) is 26.8. The molecule has 0 saturated carbocycles. The molecule has 5 heterocycles. The molecule has 2 fully saturated rings. The number of aromatic amines is 1. The van der Waals surface area contributed by atoms with E-state index in [1.54, 1.807) is 30.6 Å². The fourth-order valence-electron chi connectivity index (χ4n) is 6.62. The third-order valence-corrected chi connectivity index (χ3v) is 9.30. The van der Waals surface area contributed by atoms with Crippen LogP contribution in [0.2, 0.25) is 0 Å². The standard InChI is InChI=1S/C35H36FN9O3/c1-23-20-44(27-8-4-24(5-9-27)33-37-13-3-14-38-33)16-17-45(23)31(46)21-43-15-12-35(22-43,48-2)34(47)40-26-7-10-29-28(18-26)32(42-41-29)25-6-11-30(36)39-19-25/h3-11,13-14,18-19,23H,12,15-17,20-22H2,1-2H3,(H,40,47)(H,41,42)/t23-,35+/m1/s1. The van der Waals surface area contributed by atoms with E-state index >= 15 is 0 Å². The molecule has 0 unspecified atom stereocenters. The minimum absolute atomic E-state index is 0.0230. The number of hydrogen-bond donors (Lipinski definition) is 2. The second-order valence-corrected chi connectivity index (χ2v) is 12.3. The molecule has 7 rings (SSSR count). The summed E-state index contributed by atoms with van der Waals surface area (Å²) in [5.74, 6) is -0.118. The monoisotopic (exact) mass is 649 g/mol. The average molecular weight is 650 g/mol. The van der Waals surface area contributed by atoms with Crippen molar-refractivity contribution in [1.29, 1.82) is 0 Å². The van der Waals surface area contributed by atoms with E-state index in [2.05, 4.69) is 54.4 Å². The third-order valence-electron chi connectivity index (χ3n) is 9.30. The average Bonchev–Trinajstić information content (AvgIpc) is 3.74. The molecule has 12 nitrogen and oxygen atoms in total. The van der Waals surface area contributed by atoms with Gasteiger partial charge in [0.15, 0.2) is 11.4 Å². The Labute approximate surface area is 277 Å². The first-order chi connectivity index (χ1) is 23.3. The van der Waals surface area contributed by atoms with Crippen molar-refractivity contribution in [3.05, 3.63) is 85.2 Å². The Morgan fingerprint density at radius 3 is 2.54 bits per heavy atom. The first kappa shape index (κ1) is 31.3. The van der Waals surface area contributed by atoms with Gasteiger partial charge in [-0.2, -0.15) is 9.49 Å². The Balaban J connectivity index is 0.956. The zero-order chi connectivity index (χ0) is 33.3. The van der Waals surface area contributed by atoms with Crippen molar-refractivity contribution in [2.45, 2.75) is 25.0 Å². The maximum absolute atomic E-state index is 13.6. The quantitative estimate of drug-likeness (QED) is 0.240. The van der Waals surface area contributed by atoms with Crippen molar-refractivity contribution >= 4 is 34.1 Å². The van der Waals surface area contributed by atoms with Crippen LogP contribution in [0, 0.1) is 5.95 Å². The van der Waals surface area contributed by atoms with Crippen LogP contribution in [0.3, 0.4) is 0 Å². The number of anilines is 2. The van der Waals surface area contributed by atoms with Gasteiger partial charge >= 0.3 is 0 Å². The number of likely N-dealkylation sites (tertiary alicyclic amines) is 1. The van der Waals surface area contributed by atoms with Crippen LogP contribution in [-0.4, -0.2) is 105 Å². The zero-order valence-corrected chi connectivity index (χ0v) is 26.8. The van der Waals surface area contributed by atoms with Gasteiger partial charge in [-0.15, -0.1) is 0 Å². The number of fused-ring (bicyclic) bond motifs is 1. The molecule has 0 spiro atoms. The summed E-state index contributed by atoms with van der Waals surface area (Å²) in [6, 6.07) is 18.3. The largest absolute Gasteiger partial charge is 0.368 e. The van der Waals surface area contributed by atoms with E-state index in [1.807, 2.05) is 34.1 Å². The van der Waals surface area contributed by atoms with Crippen molar-refractivity contribution in [1.82, 2.24) is 34.9 Å². The van der Waals surface area contributed by atoms with Gasteiger partial charge in [0.1, 0.15) is 5.69 Å². The fourth-order valence-corrected chi connectivity index (χ4v) is 6.62. The normalized spacial score (nSPS) is 19.9. The van der Waals surface area contributed by atoms with Gasteiger partial charge in [0.2, 0.25) is 11.9 Å². The molecule has 2 N–H and O–H groups in total. The van der Waals surface area contributed by atoms with Gasteiger partial charge in [-0.05, 0) is 74.0 Å². The van der Waals surface area contributed by atoms with E-state index in [0.29, 0.717) is 48.8 Å². The summed E-state index contributed by atoms with van der Waals surface area (Å²) in [5, 5.41) is 11.1. The lowest BCUT2D eigenvalue weighted by molar-refractivity contribution is -0.138. The number of amides is 2. The molecule has 0 aliphatic carbocycles. The molecule has 2 atom stereocenters. The highest BCUT2D eigenvalue weighted by atomic mass is 19.1. The van der Waals surface area contributed by atoms with Crippen LogP contribution in [0.1, 0.15) is 13.3 Å². The predicted octanol–water partition coefficient (Wildman–Crippen LogP) is 3.99. The van der Waals surface area contributed by atoms with E-state index in [9.17, 15) is 14.0 Å². The van der Waals surface area contributed by atoms with Crippen molar-refractivity contribution in [2.24, 2.45) is 0 Å². The van der Waals surface area contributed by atoms with Crippen LogP contribution >= 0.6 is 0 Å². The van der Waals surface area contributed by atoms with Crippen LogP contribution in [0.25, 0.3) is 33.5 Å². The van der Waals surface area contributed by atoms with Crippen molar-refractivity contribution < 1.29 is 18.7 Å². The summed E-state index contributed by atoms with van der Waals surface area (Å²) in [7, 11) is 1.53. The number of benzene rings is 2.